The Balaban J connectivity index is 1.72. The molecule has 3 rings (SSSR count). The van der Waals surface area contributed by atoms with Crippen molar-refractivity contribution in [2.24, 2.45) is 5.92 Å². The van der Waals surface area contributed by atoms with Gasteiger partial charge >= 0.3 is 5.97 Å². The lowest BCUT2D eigenvalue weighted by Crippen LogP contribution is -2.32. The van der Waals surface area contributed by atoms with Gasteiger partial charge in [-0.3, -0.25) is 10.0 Å². The summed E-state index contributed by atoms with van der Waals surface area (Å²) in [5, 5.41) is 12.0. The molecular formula is C27H41N5O4. The third kappa shape index (κ3) is 7.30. The lowest BCUT2D eigenvalue weighted by molar-refractivity contribution is -0.144. The molecule has 1 aromatic carbocycles. The second-order valence-corrected chi connectivity index (χ2v) is 9.88. The number of hydrogen-bond acceptors (Lipinski definition) is 9. The quantitative estimate of drug-likeness (QED) is 0.352. The molecule has 1 saturated heterocycles. The molecule has 1 unspecified atom stereocenters. The predicted molar refractivity (Wildman–Crippen MR) is 141 cm³/mol. The van der Waals surface area contributed by atoms with Crippen molar-refractivity contribution in [2.45, 2.75) is 65.3 Å². The summed E-state index contributed by atoms with van der Waals surface area (Å²) in [6.45, 7) is 8.45. The van der Waals surface area contributed by atoms with E-state index in [0.29, 0.717) is 36.2 Å². The van der Waals surface area contributed by atoms with Crippen molar-refractivity contribution in [1.29, 1.82) is 0 Å². The van der Waals surface area contributed by atoms with Gasteiger partial charge in [-0.05, 0) is 76.4 Å². The first-order valence-corrected chi connectivity index (χ1v) is 12.8. The van der Waals surface area contributed by atoms with Gasteiger partial charge < -0.3 is 20.1 Å². The number of piperidine rings is 1. The van der Waals surface area contributed by atoms with Crippen LogP contribution >= 0.6 is 0 Å². The van der Waals surface area contributed by atoms with Crippen molar-refractivity contribution < 1.29 is 19.5 Å². The van der Waals surface area contributed by atoms with Gasteiger partial charge in [0.2, 0.25) is 5.95 Å². The van der Waals surface area contributed by atoms with Crippen LogP contribution in [0.1, 0.15) is 61.9 Å². The summed E-state index contributed by atoms with van der Waals surface area (Å²) >= 11 is 0. The number of nitrogens with two attached hydrogens (primary N) is 1. The maximum absolute atomic E-state index is 12.5. The van der Waals surface area contributed by atoms with Gasteiger partial charge in [0, 0.05) is 17.7 Å². The molecule has 1 aliphatic rings. The number of esters is 1. The number of carbonyl (C=O) groups excluding carboxylic acids is 1. The first-order valence-electron chi connectivity index (χ1n) is 12.8. The summed E-state index contributed by atoms with van der Waals surface area (Å²) in [4.78, 5) is 23.4. The maximum Gasteiger partial charge on any atom is 0.310 e. The third-order valence-electron chi connectivity index (χ3n) is 6.94. The fraction of sp³-hybridized carbons (Fsp3) is 0.593. The van der Waals surface area contributed by atoms with Crippen LogP contribution in [-0.4, -0.2) is 65.9 Å². The van der Waals surface area contributed by atoms with Crippen LogP contribution in [0.3, 0.4) is 0 Å². The van der Waals surface area contributed by atoms with Crippen LogP contribution in [0.4, 0.5) is 11.8 Å². The Hall–Kier alpha value is -2.91. The molecular weight excluding hydrogens is 458 g/mol. The molecule has 1 aliphatic heterocycles. The second-order valence-electron chi connectivity index (χ2n) is 9.88. The molecule has 9 heteroatoms. The van der Waals surface area contributed by atoms with Crippen LogP contribution in [-0.2, 0) is 22.4 Å². The number of hydrogen-bond donors (Lipinski definition) is 2. The Morgan fingerprint density at radius 3 is 2.69 bits per heavy atom. The monoisotopic (exact) mass is 499 g/mol. The van der Waals surface area contributed by atoms with Crippen LogP contribution in [0, 0.1) is 12.8 Å². The lowest BCUT2D eigenvalue weighted by Gasteiger charge is -2.28. The van der Waals surface area contributed by atoms with Crippen molar-refractivity contribution >= 4 is 17.7 Å². The van der Waals surface area contributed by atoms with Crippen LogP contribution in [0.15, 0.2) is 18.2 Å². The number of methoxy groups -OCH3 is 1. The minimum Gasteiger partial charge on any atom is -0.496 e. The molecule has 1 atom stereocenters. The minimum absolute atomic E-state index is 0.118. The van der Waals surface area contributed by atoms with E-state index < -0.39 is 0 Å². The van der Waals surface area contributed by atoms with E-state index in [1.54, 1.807) is 7.11 Å². The Morgan fingerprint density at radius 2 is 2.03 bits per heavy atom. The summed E-state index contributed by atoms with van der Waals surface area (Å²) in [5.41, 5.74) is 9.10. The summed E-state index contributed by atoms with van der Waals surface area (Å²) in [5.74, 6) is 1.39. The van der Waals surface area contributed by atoms with Gasteiger partial charge in [-0.1, -0.05) is 25.5 Å². The summed E-state index contributed by atoms with van der Waals surface area (Å²) in [7, 11) is 3.73. The largest absolute Gasteiger partial charge is 0.496 e. The van der Waals surface area contributed by atoms with Gasteiger partial charge in [0.15, 0.2) is 5.82 Å². The fourth-order valence-corrected chi connectivity index (χ4v) is 4.64. The zero-order valence-corrected chi connectivity index (χ0v) is 22.3. The molecule has 0 radical (unpaired) electrons. The van der Waals surface area contributed by atoms with Crippen LogP contribution in [0.2, 0.25) is 0 Å². The number of nitrogens with zero attached hydrogens (tertiary/aromatic N) is 4. The number of ether oxygens (including phenoxy) is 2. The number of likely N-dealkylation sites (tertiary alicyclic amines) is 1. The predicted octanol–water partition coefficient (Wildman–Crippen LogP) is 3.78. The highest BCUT2D eigenvalue weighted by molar-refractivity contribution is 5.73. The number of aromatic nitrogens is 2. The lowest BCUT2D eigenvalue weighted by atomic mass is 9.98. The topological polar surface area (TPSA) is 114 Å². The molecule has 3 N–H and O–H groups in total. The Kier molecular flexibility index (Phi) is 9.89. The molecule has 0 saturated carbocycles. The van der Waals surface area contributed by atoms with E-state index in [0.717, 1.165) is 55.5 Å². The van der Waals surface area contributed by atoms with Gasteiger partial charge in [-0.25, -0.2) is 10.0 Å². The van der Waals surface area contributed by atoms with Gasteiger partial charge in [-0.2, -0.15) is 4.98 Å². The van der Waals surface area contributed by atoms with Gasteiger partial charge in [-0.15, -0.1) is 0 Å². The molecule has 2 heterocycles. The molecule has 0 spiro atoms. The molecule has 198 valence electrons. The van der Waals surface area contributed by atoms with Crippen LogP contribution in [0.25, 0.3) is 0 Å². The Labute approximate surface area is 214 Å². The van der Waals surface area contributed by atoms with Gasteiger partial charge in [0.25, 0.3) is 0 Å². The van der Waals surface area contributed by atoms with E-state index >= 15 is 0 Å². The normalized spacial score (nSPS) is 15.5. The van der Waals surface area contributed by atoms with Gasteiger partial charge in [0.1, 0.15) is 5.75 Å². The number of benzene rings is 1. The number of anilines is 2. The van der Waals surface area contributed by atoms with Gasteiger partial charge in [0.05, 0.1) is 26.2 Å². The van der Waals surface area contributed by atoms with E-state index in [1.165, 1.54) is 5.06 Å². The molecule has 0 aliphatic carbocycles. The number of carbonyl (C=O) groups is 1. The number of aryl methyl sites for hydroxylation is 1. The highest BCUT2D eigenvalue weighted by Crippen LogP contribution is 2.30. The fourth-order valence-electron chi connectivity index (χ4n) is 4.64. The average molecular weight is 500 g/mol. The molecule has 2 aromatic rings. The molecule has 0 amide bonds. The van der Waals surface area contributed by atoms with E-state index in [1.807, 2.05) is 32.0 Å². The molecule has 1 aromatic heterocycles. The number of rotatable bonds is 11. The average Bonchev–Trinajstić information content (AvgIpc) is 2.85. The standard InChI is InChI=1S/C27H41N5O4/c1-6-7-18(2)32(34)26-23(19(3)29-27(28)30-26)16-22-9-8-21(14-24(22)35-5)15-25(33)36-17-20-10-12-31(4)13-11-20/h8-9,14,18,20,34H,6-7,10-13,15-17H2,1-5H3,(H2,28,29,30). The van der Waals surface area contributed by atoms with Crippen molar-refractivity contribution in [3.8, 4) is 5.75 Å². The first kappa shape index (κ1) is 27.7. The molecule has 36 heavy (non-hydrogen) atoms. The Morgan fingerprint density at radius 1 is 1.31 bits per heavy atom. The van der Waals surface area contributed by atoms with Crippen molar-refractivity contribution in [3.63, 3.8) is 0 Å². The molecule has 1 fully saturated rings. The van der Waals surface area contributed by atoms with Crippen molar-refractivity contribution in [2.75, 3.05) is 44.7 Å². The van der Waals surface area contributed by atoms with Crippen molar-refractivity contribution in [3.05, 3.63) is 40.6 Å². The number of hydroxylamine groups is 1. The van der Waals surface area contributed by atoms with E-state index in [4.69, 9.17) is 15.2 Å². The van der Waals surface area contributed by atoms with E-state index in [2.05, 4.69) is 28.8 Å². The second kappa shape index (κ2) is 12.9. The molecule has 9 nitrogen and oxygen atoms in total. The maximum atomic E-state index is 12.5. The SMILES string of the molecule is CCCC(C)N(O)c1nc(N)nc(C)c1Cc1ccc(CC(=O)OCC2CCN(C)CC2)cc1OC. The summed E-state index contributed by atoms with van der Waals surface area (Å²) in [6, 6.07) is 5.61. The zero-order valence-electron chi connectivity index (χ0n) is 22.3. The van der Waals surface area contributed by atoms with E-state index in [9.17, 15) is 10.0 Å². The third-order valence-corrected chi connectivity index (χ3v) is 6.94. The van der Waals surface area contributed by atoms with Crippen molar-refractivity contribution in [1.82, 2.24) is 14.9 Å². The molecule has 0 bridgehead atoms. The minimum atomic E-state index is -0.227. The highest BCUT2D eigenvalue weighted by atomic mass is 16.5. The first-order chi connectivity index (χ1) is 17.2. The number of nitrogen functional groups attached to an aromatic ring is 1. The Bertz CT molecular complexity index is 1020. The summed E-state index contributed by atoms with van der Waals surface area (Å²) in [6.07, 6.45) is 4.50. The van der Waals surface area contributed by atoms with E-state index in [-0.39, 0.29) is 24.4 Å². The highest BCUT2D eigenvalue weighted by Gasteiger charge is 2.22. The zero-order chi connectivity index (χ0) is 26.2. The summed E-state index contributed by atoms with van der Waals surface area (Å²) < 4.78 is 11.2. The van der Waals surface area contributed by atoms with Crippen LogP contribution in [0.5, 0.6) is 5.75 Å². The smallest absolute Gasteiger partial charge is 0.310 e. The van der Waals surface area contributed by atoms with Crippen LogP contribution < -0.4 is 15.5 Å².